The molecule has 24 heavy (non-hydrogen) atoms. The summed E-state index contributed by atoms with van der Waals surface area (Å²) in [6.45, 7) is 3.63. The third kappa shape index (κ3) is 3.45. The van der Waals surface area contributed by atoms with Gasteiger partial charge in [-0.15, -0.1) is 0 Å². The van der Waals surface area contributed by atoms with Crippen LogP contribution >= 0.6 is 0 Å². The summed E-state index contributed by atoms with van der Waals surface area (Å²) in [6.07, 6.45) is 5.20. The van der Waals surface area contributed by atoms with Crippen molar-refractivity contribution in [1.82, 2.24) is 14.2 Å². The van der Waals surface area contributed by atoms with E-state index in [9.17, 15) is 13.2 Å². The maximum absolute atomic E-state index is 12.7. The van der Waals surface area contributed by atoms with E-state index in [4.69, 9.17) is 4.74 Å². The summed E-state index contributed by atoms with van der Waals surface area (Å²) in [5.74, 6) is 0.00697. The van der Waals surface area contributed by atoms with Crippen molar-refractivity contribution < 1.29 is 17.9 Å². The van der Waals surface area contributed by atoms with Gasteiger partial charge in [0.15, 0.2) is 0 Å². The molecule has 8 heteroatoms. The summed E-state index contributed by atoms with van der Waals surface area (Å²) in [4.78, 5) is 18.1. The second kappa shape index (κ2) is 7.16. The Morgan fingerprint density at radius 3 is 2.67 bits per heavy atom. The lowest BCUT2D eigenvalue weighted by atomic mass is 10.0. The maximum Gasteiger partial charge on any atom is 0.244 e. The number of carbonyl (C=O) groups excluding carboxylic acids is 1. The second-order valence-electron chi connectivity index (χ2n) is 6.26. The van der Waals surface area contributed by atoms with Crippen LogP contribution in [0.1, 0.15) is 26.2 Å². The van der Waals surface area contributed by atoms with Gasteiger partial charge in [0.25, 0.3) is 0 Å². The fourth-order valence-electron chi connectivity index (χ4n) is 3.58. The van der Waals surface area contributed by atoms with E-state index in [0.29, 0.717) is 32.7 Å². The third-order valence-corrected chi connectivity index (χ3v) is 6.59. The zero-order valence-corrected chi connectivity index (χ0v) is 14.6. The average molecular weight is 353 g/mol. The molecule has 1 aromatic rings. The molecule has 0 spiro atoms. The van der Waals surface area contributed by atoms with Crippen LogP contribution in [0.4, 0.5) is 0 Å². The number of sulfonamides is 1. The number of amides is 1. The first-order valence-electron chi connectivity index (χ1n) is 8.27. The second-order valence-corrected chi connectivity index (χ2v) is 8.20. The highest BCUT2D eigenvalue weighted by Crippen LogP contribution is 2.27. The monoisotopic (exact) mass is 353 g/mol. The first-order chi connectivity index (χ1) is 11.5. The van der Waals surface area contributed by atoms with Crippen molar-refractivity contribution >= 4 is 15.9 Å². The molecule has 2 saturated heterocycles. The van der Waals surface area contributed by atoms with Crippen LogP contribution in [0.3, 0.4) is 0 Å². The number of carbonyl (C=O) groups is 1. The molecule has 3 heterocycles. The number of aromatic nitrogens is 1. The van der Waals surface area contributed by atoms with Crippen molar-refractivity contribution in [3.8, 4) is 0 Å². The lowest BCUT2D eigenvalue weighted by molar-refractivity contribution is -0.135. The maximum atomic E-state index is 12.7. The molecule has 1 atom stereocenters. The minimum absolute atomic E-state index is 0.00697. The summed E-state index contributed by atoms with van der Waals surface area (Å²) in [7, 11) is -3.55. The summed E-state index contributed by atoms with van der Waals surface area (Å²) >= 11 is 0. The van der Waals surface area contributed by atoms with Crippen LogP contribution in [0.2, 0.25) is 0 Å². The highest BCUT2D eigenvalue weighted by Gasteiger charge is 2.38. The lowest BCUT2D eigenvalue weighted by Gasteiger charge is -2.37. The van der Waals surface area contributed by atoms with Crippen LogP contribution in [0.5, 0.6) is 0 Å². The Morgan fingerprint density at radius 2 is 2.04 bits per heavy atom. The third-order valence-electron chi connectivity index (χ3n) is 4.74. The molecule has 132 valence electrons. The minimum Gasteiger partial charge on any atom is -0.381 e. The Balaban J connectivity index is 1.75. The largest absolute Gasteiger partial charge is 0.381 e. The van der Waals surface area contributed by atoms with Crippen molar-refractivity contribution in [2.45, 2.75) is 43.2 Å². The van der Waals surface area contributed by atoms with Crippen LogP contribution in [-0.4, -0.2) is 66.9 Å². The summed E-state index contributed by atoms with van der Waals surface area (Å²) in [5, 5.41) is 0. The van der Waals surface area contributed by atoms with E-state index < -0.39 is 10.0 Å². The summed E-state index contributed by atoms with van der Waals surface area (Å²) in [6, 6.07) is 3.24. The first kappa shape index (κ1) is 17.3. The van der Waals surface area contributed by atoms with E-state index in [0.717, 1.165) is 12.8 Å². The van der Waals surface area contributed by atoms with Crippen LogP contribution < -0.4 is 0 Å². The van der Waals surface area contributed by atoms with Gasteiger partial charge in [-0.1, -0.05) is 0 Å². The van der Waals surface area contributed by atoms with Gasteiger partial charge in [0.1, 0.15) is 4.90 Å². The van der Waals surface area contributed by atoms with E-state index in [1.165, 1.54) is 10.5 Å². The molecule has 0 saturated carbocycles. The average Bonchev–Trinajstić information content (AvgIpc) is 3.07. The number of hydrogen-bond donors (Lipinski definition) is 0. The number of pyridine rings is 1. The molecule has 2 aliphatic heterocycles. The Kier molecular flexibility index (Phi) is 5.17. The zero-order chi connectivity index (χ0) is 17.2. The van der Waals surface area contributed by atoms with Crippen LogP contribution in [0.15, 0.2) is 29.4 Å². The fraction of sp³-hybridized carbons (Fsp3) is 0.625. The molecule has 1 amide bonds. The SMILES string of the molecule is CC(=O)N(C1CCOCC1)C1CCN(S(=O)(=O)c2cccnc2)C1. The van der Waals surface area contributed by atoms with Crippen LogP contribution in [0, 0.1) is 0 Å². The van der Waals surface area contributed by atoms with Gasteiger partial charge >= 0.3 is 0 Å². The van der Waals surface area contributed by atoms with Crippen molar-refractivity contribution in [2.24, 2.45) is 0 Å². The number of hydrogen-bond acceptors (Lipinski definition) is 5. The predicted octanol–water partition coefficient (Wildman–Crippen LogP) is 0.872. The molecule has 0 radical (unpaired) electrons. The van der Waals surface area contributed by atoms with Gasteiger partial charge in [0.2, 0.25) is 15.9 Å². The topological polar surface area (TPSA) is 79.8 Å². The Morgan fingerprint density at radius 1 is 1.29 bits per heavy atom. The molecule has 2 aliphatic rings. The lowest BCUT2D eigenvalue weighted by Crippen LogP contribution is -2.49. The summed E-state index contributed by atoms with van der Waals surface area (Å²) in [5.41, 5.74) is 0. The van der Waals surface area contributed by atoms with Crippen molar-refractivity contribution in [3.05, 3.63) is 24.5 Å². The van der Waals surface area contributed by atoms with Crippen LogP contribution in [-0.2, 0) is 19.6 Å². The van der Waals surface area contributed by atoms with Crippen molar-refractivity contribution in [3.63, 3.8) is 0 Å². The standard InChI is InChI=1S/C16H23N3O4S/c1-13(20)19(14-5-9-23-10-6-14)15-4-8-18(12-15)24(21,22)16-3-2-7-17-11-16/h2-3,7,11,14-15H,4-6,8-10,12H2,1H3. The Labute approximate surface area is 142 Å². The smallest absolute Gasteiger partial charge is 0.244 e. The molecule has 3 rings (SSSR count). The highest BCUT2D eigenvalue weighted by atomic mass is 32.2. The van der Waals surface area contributed by atoms with E-state index in [2.05, 4.69) is 4.98 Å². The Hall–Kier alpha value is -1.51. The molecule has 1 aromatic heterocycles. The molecule has 1 unspecified atom stereocenters. The molecule has 2 fully saturated rings. The fourth-order valence-corrected chi connectivity index (χ4v) is 5.04. The van der Waals surface area contributed by atoms with Crippen LogP contribution in [0.25, 0.3) is 0 Å². The van der Waals surface area contributed by atoms with Gasteiger partial charge in [-0.2, -0.15) is 4.31 Å². The number of nitrogens with zero attached hydrogens (tertiary/aromatic N) is 3. The van der Waals surface area contributed by atoms with Gasteiger partial charge < -0.3 is 9.64 Å². The highest BCUT2D eigenvalue weighted by molar-refractivity contribution is 7.89. The quantitative estimate of drug-likeness (QED) is 0.802. The summed E-state index contributed by atoms with van der Waals surface area (Å²) < 4.78 is 32.3. The Bertz CT molecular complexity index is 674. The minimum atomic E-state index is -3.55. The molecule has 0 aliphatic carbocycles. The van der Waals surface area contributed by atoms with Gasteiger partial charge in [0, 0.05) is 57.7 Å². The molecule has 0 aromatic carbocycles. The van der Waals surface area contributed by atoms with Gasteiger partial charge in [-0.3, -0.25) is 9.78 Å². The van der Waals surface area contributed by atoms with E-state index >= 15 is 0 Å². The van der Waals surface area contributed by atoms with Gasteiger partial charge in [-0.25, -0.2) is 8.42 Å². The van der Waals surface area contributed by atoms with E-state index in [-0.39, 0.29) is 22.9 Å². The molecule has 0 bridgehead atoms. The predicted molar refractivity (Wildman–Crippen MR) is 87.8 cm³/mol. The number of rotatable bonds is 4. The molecule has 7 nitrogen and oxygen atoms in total. The van der Waals surface area contributed by atoms with E-state index in [1.54, 1.807) is 25.3 Å². The van der Waals surface area contributed by atoms with Crippen molar-refractivity contribution in [2.75, 3.05) is 26.3 Å². The molecular weight excluding hydrogens is 330 g/mol. The van der Waals surface area contributed by atoms with Gasteiger partial charge in [0.05, 0.1) is 0 Å². The number of ether oxygens (including phenoxy) is 1. The zero-order valence-electron chi connectivity index (χ0n) is 13.8. The molecule has 0 N–H and O–H groups in total. The van der Waals surface area contributed by atoms with Crippen molar-refractivity contribution in [1.29, 1.82) is 0 Å². The first-order valence-corrected chi connectivity index (χ1v) is 9.71. The van der Waals surface area contributed by atoms with E-state index in [1.807, 2.05) is 4.90 Å². The molecular formula is C16H23N3O4S. The normalized spacial score (nSPS) is 23.3. The van der Waals surface area contributed by atoms with Gasteiger partial charge in [-0.05, 0) is 31.4 Å².